The summed E-state index contributed by atoms with van der Waals surface area (Å²) in [6.45, 7) is 7.94. The van der Waals surface area contributed by atoms with E-state index >= 15 is 0 Å². The van der Waals surface area contributed by atoms with Gasteiger partial charge >= 0.3 is 0 Å². The Hall–Kier alpha value is -3.71. The molecule has 2 aromatic carbocycles. The molecule has 2 amide bonds. The lowest BCUT2D eigenvalue weighted by Gasteiger charge is -2.18. The normalized spacial score (nSPS) is 14.2. The maximum Gasteiger partial charge on any atom is 0.259 e. The van der Waals surface area contributed by atoms with E-state index < -0.39 is 11.8 Å². The predicted molar refractivity (Wildman–Crippen MR) is 133 cm³/mol. The van der Waals surface area contributed by atoms with Gasteiger partial charge in [0, 0.05) is 51.9 Å². The van der Waals surface area contributed by atoms with E-state index in [1.807, 2.05) is 30.5 Å². The molecule has 0 saturated heterocycles. The van der Waals surface area contributed by atoms with Crippen LogP contribution in [0.5, 0.6) is 0 Å². The molecule has 0 spiro atoms. The van der Waals surface area contributed by atoms with Crippen molar-refractivity contribution < 1.29 is 14.0 Å². The molecule has 0 unspecified atom stereocenters. The number of hydrogen-bond donors (Lipinski definition) is 2. The highest BCUT2D eigenvalue weighted by molar-refractivity contribution is 6.50. The highest BCUT2D eigenvalue weighted by Crippen LogP contribution is 2.38. The van der Waals surface area contributed by atoms with Crippen molar-refractivity contribution in [2.45, 2.75) is 26.8 Å². The molecule has 2 aromatic heterocycles. The fraction of sp³-hybridized carbons (Fsp3) is 0.259. The van der Waals surface area contributed by atoms with Gasteiger partial charge in [0.05, 0.1) is 11.1 Å². The summed E-state index contributed by atoms with van der Waals surface area (Å²) in [5, 5.41) is 3.94. The third kappa shape index (κ3) is 3.72. The van der Waals surface area contributed by atoms with Crippen LogP contribution < -0.4 is 5.32 Å². The molecular weight excluding hydrogens is 431 g/mol. The van der Waals surface area contributed by atoms with Crippen molar-refractivity contribution in [1.82, 2.24) is 19.8 Å². The van der Waals surface area contributed by atoms with Gasteiger partial charge in [0.1, 0.15) is 5.82 Å². The number of carbonyl (C=O) groups excluding carboxylic acids is 2. The average Bonchev–Trinajstić information content (AvgIpc) is 3.49. The molecule has 7 heteroatoms. The molecule has 0 fully saturated rings. The minimum Gasteiger partial charge on any atom is -0.361 e. The van der Waals surface area contributed by atoms with Crippen LogP contribution in [-0.2, 0) is 16.1 Å². The van der Waals surface area contributed by atoms with Crippen molar-refractivity contribution in [3.8, 4) is 0 Å². The largest absolute Gasteiger partial charge is 0.361 e. The molecule has 0 saturated carbocycles. The van der Waals surface area contributed by atoms with Crippen LogP contribution >= 0.6 is 0 Å². The average molecular weight is 459 g/mol. The minimum absolute atomic E-state index is 0.285. The summed E-state index contributed by atoms with van der Waals surface area (Å²) < 4.78 is 16.4. The Labute approximate surface area is 197 Å². The first-order valence-corrected chi connectivity index (χ1v) is 11.7. The third-order valence-corrected chi connectivity index (χ3v) is 6.67. The molecule has 0 bridgehead atoms. The summed E-state index contributed by atoms with van der Waals surface area (Å²) in [5.74, 6) is -1.28. The number of rotatable bonds is 8. The second-order valence-electron chi connectivity index (χ2n) is 8.56. The predicted octanol–water partition coefficient (Wildman–Crippen LogP) is 4.56. The molecule has 3 heterocycles. The maximum absolute atomic E-state index is 14.3. The van der Waals surface area contributed by atoms with Crippen LogP contribution in [0.4, 0.5) is 4.39 Å². The van der Waals surface area contributed by atoms with E-state index in [0.717, 1.165) is 49.0 Å². The Bertz CT molecular complexity index is 1440. The van der Waals surface area contributed by atoms with Crippen molar-refractivity contribution in [2.24, 2.45) is 0 Å². The molecule has 4 aromatic rings. The Kier molecular flexibility index (Phi) is 5.79. The van der Waals surface area contributed by atoms with Crippen LogP contribution in [0.25, 0.3) is 33.0 Å². The number of nitrogens with zero attached hydrogens (tertiary/aromatic N) is 2. The number of carbonyl (C=O) groups is 2. The van der Waals surface area contributed by atoms with E-state index in [-0.39, 0.29) is 11.4 Å². The minimum atomic E-state index is -0.461. The fourth-order valence-corrected chi connectivity index (χ4v) is 4.91. The smallest absolute Gasteiger partial charge is 0.259 e. The lowest BCUT2D eigenvalue weighted by Crippen LogP contribution is -2.24. The van der Waals surface area contributed by atoms with Gasteiger partial charge in [-0.3, -0.25) is 14.9 Å². The van der Waals surface area contributed by atoms with Crippen molar-refractivity contribution >= 4 is 44.8 Å². The Morgan fingerprint density at radius 2 is 1.68 bits per heavy atom. The zero-order valence-corrected chi connectivity index (χ0v) is 19.3. The van der Waals surface area contributed by atoms with Crippen molar-refractivity contribution in [2.75, 3.05) is 19.6 Å². The van der Waals surface area contributed by atoms with Crippen LogP contribution in [0, 0.1) is 5.82 Å². The third-order valence-electron chi connectivity index (χ3n) is 6.67. The summed E-state index contributed by atoms with van der Waals surface area (Å²) in [4.78, 5) is 31.5. The first-order valence-electron chi connectivity index (χ1n) is 11.7. The number of aromatic amines is 1. The topological polar surface area (TPSA) is 70.1 Å². The maximum atomic E-state index is 14.3. The fourth-order valence-electron chi connectivity index (χ4n) is 4.91. The van der Waals surface area contributed by atoms with Crippen LogP contribution in [0.1, 0.15) is 31.4 Å². The van der Waals surface area contributed by atoms with E-state index in [0.29, 0.717) is 22.1 Å². The van der Waals surface area contributed by atoms with Gasteiger partial charge in [-0.05, 0) is 50.3 Å². The van der Waals surface area contributed by atoms with E-state index in [1.165, 1.54) is 12.1 Å². The monoisotopic (exact) mass is 458 g/mol. The Morgan fingerprint density at radius 3 is 2.44 bits per heavy atom. The SMILES string of the molecule is CCN(CC)CCCn1cc(C2=C(c3c[nH]c4ccccc34)C(=O)NC2=O)c2cc(F)ccc21. The first-order chi connectivity index (χ1) is 16.5. The zero-order chi connectivity index (χ0) is 23.8. The second kappa shape index (κ2) is 8.91. The summed E-state index contributed by atoms with van der Waals surface area (Å²) in [6, 6.07) is 12.3. The van der Waals surface area contributed by atoms with Crippen molar-refractivity contribution in [3.05, 3.63) is 71.8 Å². The number of H-pyrrole nitrogens is 1. The summed E-state index contributed by atoms with van der Waals surface area (Å²) in [6.07, 6.45) is 4.55. The number of imide groups is 1. The van der Waals surface area contributed by atoms with Gasteiger partial charge in [-0.2, -0.15) is 0 Å². The van der Waals surface area contributed by atoms with Gasteiger partial charge in [-0.25, -0.2) is 4.39 Å². The lowest BCUT2D eigenvalue weighted by atomic mass is 9.95. The standard InChI is InChI=1S/C27H27FN4O2/c1-3-31(4-2)12-7-13-32-16-21(19-14-17(28)10-11-23(19)32)25-24(26(33)30-27(25)34)20-15-29-22-9-6-5-8-18(20)22/h5-6,8-11,14-16,29H,3-4,7,12-13H2,1-2H3,(H,30,33,34). The van der Waals surface area contributed by atoms with Crippen LogP contribution in [0.15, 0.2) is 54.9 Å². The van der Waals surface area contributed by atoms with Gasteiger partial charge in [0.15, 0.2) is 0 Å². The number of aromatic nitrogens is 2. The molecule has 0 radical (unpaired) electrons. The van der Waals surface area contributed by atoms with Crippen LogP contribution in [-0.4, -0.2) is 45.9 Å². The van der Waals surface area contributed by atoms with Crippen LogP contribution in [0.3, 0.4) is 0 Å². The molecule has 34 heavy (non-hydrogen) atoms. The van der Waals surface area contributed by atoms with Gasteiger partial charge < -0.3 is 14.5 Å². The summed E-state index contributed by atoms with van der Waals surface area (Å²) in [5.41, 5.74) is 3.55. The number of hydrogen-bond acceptors (Lipinski definition) is 3. The molecule has 1 aliphatic rings. The number of nitrogens with one attached hydrogen (secondary N) is 2. The number of para-hydroxylation sites is 1. The van der Waals surface area contributed by atoms with E-state index in [2.05, 4.69) is 33.6 Å². The van der Waals surface area contributed by atoms with Gasteiger partial charge in [0.25, 0.3) is 11.8 Å². The van der Waals surface area contributed by atoms with E-state index in [1.54, 1.807) is 12.3 Å². The highest BCUT2D eigenvalue weighted by Gasteiger charge is 2.35. The number of benzene rings is 2. The number of amides is 2. The van der Waals surface area contributed by atoms with Gasteiger partial charge in [0.2, 0.25) is 0 Å². The summed E-state index contributed by atoms with van der Waals surface area (Å²) in [7, 11) is 0. The molecule has 2 N–H and O–H groups in total. The zero-order valence-electron chi connectivity index (χ0n) is 19.3. The summed E-state index contributed by atoms with van der Waals surface area (Å²) >= 11 is 0. The van der Waals surface area contributed by atoms with E-state index in [9.17, 15) is 14.0 Å². The van der Waals surface area contributed by atoms with Crippen LogP contribution in [0.2, 0.25) is 0 Å². The molecule has 6 nitrogen and oxygen atoms in total. The number of fused-ring (bicyclic) bond motifs is 2. The number of aryl methyl sites for hydroxylation is 1. The molecule has 0 aliphatic carbocycles. The molecular formula is C27H27FN4O2. The second-order valence-corrected chi connectivity index (χ2v) is 8.56. The van der Waals surface area contributed by atoms with E-state index in [4.69, 9.17) is 0 Å². The number of halogens is 1. The van der Waals surface area contributed by atoms with Crippen molar-refractivity contribution in [1.29, 1.82) is 0 Å². The highest BCUT2D eigenvalue weighted by atomic mass is 19.1. The van der Waals surface area contributed by atoms with Gasteiger partial charge in [-0.1, -0.05) is 32.0 Å². The molecule has 0 atom stereocenters. The molecule has 1 aliphatic heterocycles. The quantitative estimate of drug-likeness (QED) is 0.380. The molecule has 174 valence electrons. The van der Waals surface area contributed by atoms with Crippen molar-refractivity contribution in [3.63, 3.8) is 0 Å². The molecule has 5 rings (SSSR count). The first kappa shape index (κ1) is 22.1. The lowest BCUT2D eigenvalue weighted by molar-refractivity contribution is -0.122. The Morgan fingerprint density at radius 1 is 0.941 bits per heavy atom. The van der Waals surface area contributed by atoms with Gasteiger partial charge in [-0.15, -0.1) is 0 Å². The Balaban J connectivity index is 1.65.